The van der Waals surface area contributed by atoms with Gasteiger partial charge in [-0.3, -0.25) is 4.79 Å². The third kappa shape index (κ3) is 5.21. The Morgan fingerprint density at radius 2 is 1.97 bits per heavy atom. The lowest BCUT2D eigenvalue weighted by molar-refractivity contribution is -0.127. The van der Waals surface area contributed by atoms with Crippen molar-refractivity contribution in [3.05, 3.63) is 59.7 Å². The van der Waals surface area contributed by atoms with Gasteiger partial charge in [0, 0.05) is 31.3 Å². The van der Waals surface area contributed by atoms with Crippen LogP contribution < -0.4 is 4.74 Å². The zero-order chi connectivity index (χ0) is 21.5. The fraction of sp³-hybridized carbons (Fsp3) is 0.348. The number of ether oxygens (including phenoxy) is 1. The molecule has 2 aromatic carbocycles. The van der Waals surface area contributed by atoms with Gasteiger partial charge in [0.2, 0.25) is 5.91 Å². The first-order chi connectivity index (χ1) is 14.5. The van der Waals surface area contributed by atoms with Gasteiger partial charge in [0.05, 0.1) is 12.9 Å². The summed E-state index contributed by atoms with van der Waals surface area (Å²) in [6.45, 7) is 5.50. The summed E-state index contributed by atoms with van der Waals surface area (Å²) in [7, 11) is 3.45. The number of benzene rings is 2. The van der Waals surface area contributed by atoms with Crippen LogP contribution in [0, 0.1) is 6.92 Å². The van der Waals surface area contributed by atoms with Crippen molar-refractivity contribution >= 4 is 17.7 Å². The second-order valence-electron chi connectivity index (χ2n) is 7.18. The smallest absolute Gasteiger partial charge is 0.233 e. The number of carbonyl (C=O) groups is 1. The molecule has 3 rings (SSSR count). The molecule has 30 heavy (non-hydrogen) atoms. The van der Waals surface area contributed by atoms with Crippen molar-refractivity contribution in [3.63, 3.8) is 0 Å². The van der Waals surface area contributed by atoms with Gasteiger partial charge in [0.15, 0.2) is 11.0 Å². The average Bonchev–Trinajstić information content (AvgIpc) is 3.15. The molecule has 3 aromatic rings. The number of hydrogen-bond acceptors (Lipinski definition) is 5. The Balaban J connectivity index is 1.69. The lowest BCUT2D eigenvalue weighted by Gasteiger charge is -2.18. The van der Waals surface area contributed by atoms with Crippen molar-refractivity contribution in [1.29, 1.82) is 0 Å². The fourth-order valence-electron chi connectivity index (χ4n) is 3.23. The number of hydrogen-bond donors (Lipinski definition) is 0. The number of carbonyl (C=O) groups excluding carboxylic acids is 1. The molecule has 1 aromatic heterocycles. The third-order valence-electron chi connectivity index (χ3n) is 4.79. The number of rotatable bonds is 9. The van der Waals surface area contributed by atoms with Gasteiger partial charge >= 0.3 is 0 Å². The minimum Gasteiger partial charge on any atom is -0.496 e. The predicted octanol–water partition coefficient (Wildman–Crippen LogP) is 4.42. The summed E-state index contributed by atoms with van der Waals surface area (Å²) in [6.07, 6.45) is 0.964. The molecule has 0 aliphatic heterocycles. The molecule has 1 amide bonds. The van der Waals surface area contributed by atoms with E-state index in [0.717, 1.165) is 40.8 Å². The van der Waals surface area contributed by atoms with Crippen molar-refractivity contribution < 1.29 is 9.53 Å². The molecular formula is C23H28N4O2S. The van der Waals surface area contributed by atoms with E-state index in [1.54, 1.807) is 12.0 Å². The van der Waals surface area contributed by atoms with Gasteiger partial charge in [-0.05, 0) is 25.5 Å². The molecule has 0 saturated heterocycles. The minimum atomic E-state index is 0.0362. The second-order valence-corrected chi connectivity index (χ2v) is 8.12. The summed E-state index contributed by atoms with van der Waals surface area (Å²) in [4.78, 5) is 14.4. The highest BCUT2D eigenvalue weighted by atomic mass is 32.2. The van der Waals surface area contributed by atoms with Crippen LogP contribution in [-0.2, 0) is 17.9 Å². The molecule has 1 heterocycles. The van der Waals surface area contributed by atoms with Gasteiger partial charge in [-0.15, -0.1) is 10.2 Å². The predicted molar refractivity (Wildman–Crippen MR) is 121 cm³/mol. The number of para-hydroxylation sites is 1. The van der Waals surface area contributed by atoms with E-state index >= 15 is 0 Å². The van der Waals surface area contributed by atoms with Gasteiger partial charge in [-0.2, -0.15) is 0 Å². The number of thioether (sulfide) groups is 1. The van der Waals surface area contributed by atoms with E-state index in [1.165, 1.54) is 17.3 Å². The van der Waals surface area contributed by atoms with Crippen molar-refractivity contribution in [3.8, 4) is 17.1 Å². The summed E-state index contributed by atoms with van der Waals surface area (Å²) in [5.41, 5.74) is 3.21. The van der Waals surface area contributed by atoms with Crippen molar-refractivity contribution in [2.24, 2.45) is 0 Å². The van der Waals surface area contributed by atoms with Gasteiger partial charge in [0.1, 0.15) is 5.75 Å². The van der Waals surface area contributed by atoms with E-state index in [2.05, 4.69) is 40.7 Å². The Morgan fingerprint density at radius 3 is 2.70 bits per heavy atom. The largest absolute Gasteiger partial charge is 0.496 e. The number of aromatic nitrogens is 3. The minimum absolute atomic E-state index is 0.0362. The van der Waals surface area contributed by atoms with Gasteiger partial charge in [-0.25, -0.2) is 0 Å². The monoisotopic (exact) mass is 424 g/mol. The lowest BCUT2D eigenvalue weighted by Crippen LogP contribution is -2.28. The van der Waals surface area contributed by atoms with Gasteiger partial charge in [0.25, 0.3) is 0 Å². The van der Waals surface area contributed by atoms with Crippen LogP contribution in [0.4, 0.5) is 0 Å². The second kappa shape index (κ2) is 10.3. The quantitative estimate of drug-likeness (QED) is 0.476. The maximum atomic E-state index is 12.7. The van der Waals surface area contributed by atoms with Crippen molar-refractivity contribution in [2.75, 3.05) is 19.9 Å². The first kappa shape index (κ1) is 21.9. The van der Waals surface area contributed by atoms with E-state index in [0.29, 0.717) is 12.3 Å². The summed E-state index contributed by atoms with van der Waals surface area (Å²) >= 11 is 1.43. The van der Waals surface area contributed by atoms with Crippen LogP contribution in [0.3, 0.4) is 0 Å². The van der Waals surface area contributed by atoms with Crippen LogP contribution in [-0.4, -0.2) is 45.5 Å². The number of amides is 1. The van der Waals surface area contributed by atoms with Gasteiger partial charge < -0.3 is 14.2 Å². The molecule has 0 aliphatic carbocycles. The lowest BCUT2D eigenvalue weighted by atomic mass is 10.1. The van der Waals surface area contributed by atoms with Crippen LogP contribution in [0.2, 0.25) is 0 Å². The molecule has 0 fully saturated rings. The number of nitrogens with zero attached hydrogens (tertiary/aromatic N) is 4. The Labute approximate surface area is 182 Å². The van der Waals surface area contributed by atoms with Crippen LogP contribution in [0.1, 0.15) is 24.5 Å². The molecule has 0 N–H and O–H groups in total. The first-order valence-corrected chi connectivity index (χ1v) is 11.0. The van der Waals surface area contributed by atoms with Crippen LogP contribution >= 0.6 is 11.8 Å². The van der Waals surface area contributed by atoms with E-state index in [1.807, 2.05) is 43.4 Å². The molecule has 7 heteroatoms. The zero-order valence-corrected chi connectivity index (χ0v) is 18.8. The van der Waals surface area contributed by atoms with Crippen LogP contribution in [0.25, 0.3) is 11.4 Å². The molecular weight excluding hydrogens is 396 g/mol. The van der Waals surface area contributed by atoms with Crippen molar-refractivity contribution in [1.82, 2.24) is 19.7 Å². The third-order valence-corrected chi connectivity index (χ3v) is 5.74. The van der Waals surface area contributed by atoms with E-state index < -0.39 is 0 Å². The molecule has 6 nitrogen and oxygen atoms in total. The van der Waals surface area contributed by atoms with Crippen molar-refractivity contribution in [2.45, 2.75) is 38.5 Å². The van der Waals surface area contributed by atoms with E-state index in [9.17, 15) is 4.79 Å². The van der Waals surface area contributed by atoms with Gasteiger partial charge in [-0.1, -0.05) is 60.6 Å². The zero-order valence-electron chi connectivity index (χ0n) is 18.0. The summed E-state index contributed by atoms with van der Waals surface area (Å²) in [5.74, 6) is 1.98. The Bertz CT molecular complexity index is 1000. The molecule has 0 saturated carbocycles. The average molecular weight is 425 g/mol. The normalized spacial score (nSPS) is 10.8. The van der Waals surface area contributed by atoms with Crippen LogP contribution in [0.5, 0.6) is 5.75 Å². The highest BCUT2D eigenvalue weighted by Crippen LogP contribution is 2.26. The maximum absolute atomic E-state index is 12.7. The van der Waals surface area contributed by atoms with Crippen LogP contribution in [0.15, 0.2) is 53.7 Å². The molecule has 0 radical (unpaired) electrons. The maximum Gasteiger partial charge on any atom is 0.233 e. The molecule has 0 bridgehead atoms. The summed E-state index contributed by atoms with van der Waals surface area (Å²) < 4.78 is 7.49. The molecule has 158 valence electrons. The standard InChI is InChI=1S/C23H28N4O2S/c1-5-13-27-22(18-11-8-9-17(2)14-18)24-25-23(27)30-16-21(28)26(3)15-19-10-6-7-12-20(19)29-4/h6-12,14H,5,13,15-16H2,1-4H3. The Hall–Kier alpha value is -2.80. The SMILES string of the molecule is CCCn1c(SCC(=O)N(C)Cc2ccccc2OC)nnc1-c1cccc(C)c1. The Morgan fingerprint density at radius 1 is 1.17 bits per heavy atom. The number of aryl methyl sites for hydroxylation is 1. The highest BCUT2D eigenvalue weighted by molar-refractivity contribution is 7.99. The van der Waals surface area contributed by atoms with E-state index in [-0.39, 0.29) is 5.91 Å². The highest BCUT2D eigenvalue weighted by Gasteiger charge is 2.17. The molecule has 0 aliphatic rings. The molecule has 0 spiro atoms. The summed E-state index contributed by atoms with van der Waals surface area (Å²) in [5, 5.41) is 9.55. The van der Waals surface area contributed by atoms with E-state index in [4.69, 9.17) is 4.74 Å². The number of methoxy groups -OCH3 is 1. The molecule has 0 unspecified atom stereocenters. The fourth-order valence-corrected chi connectivity index (χ4v) is 4.14. The Kier molecular flexibility index (Phi) is 7.52. The summed E-state index contributed by atoms with van der Waals surface area (Å²) in [6, 6.07) is 16.0. The topological polar surface area (TPSA) is 60.2 Å². The first-order valence-electron chi connectivity index (χ1n) is 10.0. The molecule has 0 atom stereocenters.